The molecule has 4 bridgehead atoms. The average molecular weight is 445 g/mol. The second-order valence-electron chi connectivity index (χ2n) is 13.3. The van der Waals surface area contributed by atoms with E-state index in [9.17, 15) is 10.2 Å². The van der Waals surface area contributed by atoms with Crippen LogP contribution in [0.1, 0.15) is 81.5 Å². The molecule has 2 aromatic carbocycles. The van der Waals surface area contributed by atoms with Crippen LogP contribution in [0.4, 0.5) is 0 Å². The minimum absolute atomic E-state index is 0.0112. The van der Waals surface area contributed by atoms with Gasteiger partial charge in [-0.25, -0.2) is 0 Å². The highest BCUT2D eigenvalue weighted by Gasteiger charge is 2.78. The van der Waals surface area contributed by atoms with E-state index < -0.39 is 5.60 Å². The molecule has 4 nitrogen and oxygen atoms in total. The topological polar surface area (TPSA) is 58.9 Å². The monoisotopic (exact) mass is 444 g/mol. The van der Waals surface area contributed by atoms with Crippen molar-refractivity contribution >= 4 is 0 Å². The van der Waals surface area contributed by atoms with Crippen LogP contribution < -0.4 is 4.74 Å². The van der Waals surface area contributed by atoms with Crippen LogP contribution in [-0.4, -0.2) is 15.8 Å². The Bertz CT molecular complexity index is 1290. The first-order chi connectivity index (χ1) is 15.5. The Morgan fingerprint density at radius 2 is 1.64 bits per heavy atom. The van der Waals surface area contributed by atoms with Crippen LogP contribution in [0.3, 0.4) is 0 Å². The molecule has 4 heteroatoms. The minimum Gasteiger partial charge on any atom is -0.508 e. The molecule has 2 saturated carbocycles. The highest BCUT2D eigenvalue weighted by Crippen LogP contribution is 2.82. The number of aromatic hydroxyl groups is 2. The van der Waals surface area contributed by atoms with E-state index in [4.69, 9.17) is 9.47 Å². The zero-order valence-electron chi connectivity index (χ0n) is 20.0. The normalized spacial score (nSPS) is 43.1. The lowest BCUT2D eigenvalue weighted by atomic mass is 9.46. The van der Waals surface area contributed by atoms with Crippen molar-refractivity contribution in [2.75, 3.05) is 0 Å². The van der Waals surface area contributed by atoms with E-state index in [1.165, 1.54) is 11.1 Å². The zero-order valence-corrected chi connectivity index (χ0v) is 20.0. The van der Waals surface area contributed by atoms with Crippen LogP contribution in [0.25, 0.3) is 0 Å². The maximum Gasteiger partial charge on any atom is 0.137 e. The molecule has 2 heterocycles. The molecule has 2 aliphatic heterocycles. The molecule has 2 aromatic rings. The zero-order chi connectivity index (χ0) is 22.9. The standard InChI is InChI=1S/C29H32O4/c1-26(2)16-9-14-19(31)10-21-23(22(14)16)25-27(3,4)24-17(26)11-28(5)12-18(24)29(25,33-28)15-7-6-13(30)8-20(15)32-21/h6-8,10,16-18,24-25,30-31H,9,11-12H2,1-5H3/t16?,17-,18-,24-,25-,28-,29?/m1/s1. The molecule has 1 saturated heterocycles. The van der Waals surface area contributed by atoms with Gasteiger partial charge >= 0.3 is 0 Å². The second kappa shape index (κ2) is 5.07. The van der Waals surface area contributed by atoms with E-state index in [1.54, 1.807) is 12.1 Å². The average Bonchev–Trinajstić information content (AvgIpc) is 2.95. The predicted molar refractivity (Wildman–Crippen MR) is 124 cm³/mol. The summed E-state index contributed by atoms with van der Waals surface area (Å²) in [6.45, 7) is 12.2. The van der Waals surface area contributed by atoms with Crippen molar-refractivity contribution in [3.63, 3.8) is 0 Å². The van der Waals surface area contributed by atoms with Crippen molar-refractivity contribution < 1.29 is 19.7 Å². The van der Waals surface area contributed by atoms with Crippen LogP contribution in [-0.2, 0) is 16.8 Å². The predicted octanol–water partition coefficient (Wildman–Crippen LogP) is 6.33. The summed E-state index contributed by atoms with van der Waals surface area (Å²) in [5, 5.41) is 21.4. The molecule has 33 heavy (non-hydrogen) atoms. The van der Waals surface area contributed by atoms with E-state index in [1.807, 2.05) is 12.1 Å². The quantitative estimate of drug-likeness (QED) is 0.498. The van der Waals surface area contributed by atoms with Crippen molar-refractivity contribution in [2.24, 2.45) is 28.6 Å². The Labute approximate surface area is 194 Å². The first-order valence-corrected chi connectivity index (χ1v) is 12.6. The molecule has 172 valence electrons. The third-order valence-electron chi connectivity index (χ3n) is 11.1. The molecule has 0 radical (unpaired) electrons. The number of fused-ring (bicyclic) bond motifs is 2. The summed E-state index contributed by atoms with van der Waals surface area (Å²) in [5.41, 5.74) is 4.28. The molecular formula is C29H32O4. The van der Waals surface area contributed by atoms with E-state index in [0.717, 1.165) is 36.1 Å². The van der Waals surface area contributed by atoms with Gasteiger partial charge < -0.3 is 19.7 Å². The summed E-state index contributed by atoms with van der Waals surface area (Å²) in [6.07, 6.45) is 3.10. The molecule has 6 aliphatic rings. The molecule has 2 N–H and O–H groups in total. The van der Waals surface area contributed by atoms with E-state index in [-0.39, 0.29) is 28.1 Å². The molecule has 3 fully saturated rings. The number of phenols is 2. The van der Waals surface area contributed by atoms with Gasteiger partial charge in [0, 0.05) is 29.2 Å². The smallest absolute Gasteiger partial charge is 0.137 e. The summed E-state index contributed by atoms with van der Waals surface area (Å²) >= 11 is 0. The van der Waals surface area contributed by atoms with E-state index >= 15 is 0 Å². The van der Waals surface area contributed by atoms with Gasteiger partial charge in [0.05, 0.1) is 5.60 Å². The van der Waals surface area contributed by atoms with Gasteiger partial charge in [-0.15, -0.1) is 0 Å². The molecular weight excluding hydrogens is 412 g/mol. The van der Waals surface area contributed by atoms with Crippen molar-refractivity contribution in [1.29, 1.82) is 0 Å². The van der Waals surface area contributed by atoms with E-state index in [0.29, 0.717) is 35.2 Å². The van der Waals surface area contributed by atoms with Crippen molar-refractivity contribution in [3.05, 3.63) is 46.5 Å². The molecule has 1 spiro atoms. The highest BCUT2D eigenvalue weighted by molar-refractivity contribution is 5.67. The van der Waals surface area contributed by atoms with Crippen LogP contribution >= 0.6 is 0 Å². The molecule has 8 rings (SSSR count). The maximum absolute atomic E-state index is 11.0. The van der Waals surface area contributed by atoms with Gasteiger partial charge in [-0.1, -0.05) is 27.7 Å². The molecule has 2 unspecified atom stereocenters. The summed E-state index contributed by atoms with van der Waals surface area (Å²) < 4.78 is 14.0. The van der Waals surface area contributed by atoms with Gasteiger partial charge in [0.2, 0.25) is 0 Å². The van der Waals surface area contributed by atoms with Crippen LogP contribution in [0, 0.1) is 28.6 Å². The fraction of sp³-hybridized carbons (Fsp3) is 0.586. The summed E-state index contributed by atoms with van der Waals surface area (Å²) in [5.74, 6) is 4.07. The third-order valence-corrected chi connectivity index (χ3v) is 11.1. The Balaban J connectivity index is 1.59. The molecule has 0 aromatic heterocycles. The lowest BCUT2D eigenvalue weighted by Gasteiger charge is -2.59. The SMILES string of the molecule is CC1(C)C2Cc3c(O)cc4c(c32)[C@@H]2C(C)(C)[C@@H]3[C@H]1C[C@]1(C)C[C@H]3C2(O1)c1ccc(O)cc1O4. The van der Waals surface area contributed by atoms with Crippen molar-refractivity contribution in [1.82, 2.24) is 0 Å². The number of phenolic OH excluding ortho intramolecular Hbond substituents is 2. The number of rotatable bonds is 0. The van der Waals surface area contributed by atoms with Crippen molar-refractivity contribution in [2.45, 2.75) is 76.9 Å². The number of ether oxygens (including phenoxy) is 2. The Hall–Kier alpha value is -2.20. The van der Waals surface area contributed by atoms with Crippen LogP contribution in [0.2, 0.25) is 0 Å². The van der Waals surface area contributed by atoms with Crippen LogP contribution in [0.5, 0.6) is 23.0 Å². The first-order valence-electron chi connectivity index (χ1n) is 12.6. The lowest BCUT2D eigenvalue weighted by molar-refractivity contribution is -0.148. The van der Waals surface area contributed by atoms with Gasteiger partial charge in [0.15, 0.2) is 0 Å². The van der Waals surface area contributed by atoms with Gasteiger partial charge in [0.1, 0.15) is 28.6 Å². The third kappa shape index (κ3) is 1.81. The second-order valence-corrected chi connectivity index (χ2v) is 13.3. The number of hydrogen-bond donors (Lipinski definition) is 2. The Morgan fingerprint density at radius 3 is 2.42 bits per heavy atom. The lowest BCUT2D eigenvalue weighted by Crippen LogP contribution is -2.53. The fourth-order valence-electron chi connectivity index (χ4n) is 10.1. The summed E-state index contributed by atoms with van der Waals surface area (Å²) in [6, 6.07) is 7.42. The molecule has 4 aliphatic carbocycles. The molecule has 7 atom stereocenters. The van der Waals surface area contributed by atoms with Gasteiger partial charge in [0.25, 0.3) is 0 Å². The van der Waals surface area contributed by atoms with Gasteiger partial charge in [-0.05, 0) is 83.9 Å². The highest BCUT2D eigenvalue weighted by atomic mass is 16.5. The summed E-state index contributed by atoms with van der Waals surface area (Å²) in [4.78, 5) is 0. The Morgan fingerprint density at radius 1 is 0.879 bits per heavy atom. The van der Waals surface area contributed by atoms with Crippen LogP contribution in [0.15, 0.2) is 24.3 Å². The van der Waals surface area contributed by atoms with Gasteiger partial charge in [-0.3, -0.25) is 0 Å². The first kappa shape index (κ1) is 19.1. The number of hydrogen-bond acceptors (Lipinski definition) is 4. The fourth-order valence-corrected chi connectivity index (χ4v) is 10.1. The maximum atomic E-state index is 11.0. The van der Waals surface area contributed by atoms with E-state index in [2.05, 4.69) is 34.6 Å². The van der Waals surface area contributed by atoms with Crippen molar-refractivity contribution in [3.8, 4) is 23.0 Å². The van der Waals surface area contributed by atoms with Gasteiger partial charge in [-0.2, -0.15) is 0 Å². The number of benzene rings is 2. The largest absolute Gasteiger partial charge is 0.508 e. The summed E-state index contributed by atoms with van der Waals surface area (Å²) in [7, 11) is 0. The minimum atomic E-state index is -0.475. The Kier molecular flexibility index (Phi) is 2.94. The molecule has 0 amide bonds.